The second-order valence-corrected chi connectivity index (χ2v) is 10.8. The van der Waals surface area contributed by atoms with Crippen LogP contribution in [0.2, 0.25) is 0 Å². The molecule has 4 rings (SSSR count). The molecule has 2 aliphatic rings. The number of thiazole rings is 1. The van der Waals surface area contributed by atoms with E-state index in [1.54, 1.807) is 22.9 Å². The number of rotatable bonds is 4. The highest BCUT2D eigenvalue weighted by molar-refractivity contribution is 7.91. The number of hydroxylamine groups is 1. The van der Waals surface area contributed by atoms with Crippen LogP contribution in [0.1, 0.15) is 30.7 Å². The number of carbonyl (C=O) groups excluding carboxylic acids is 1. The van der Waals surface area contributed by atoms with E-state index in [1.165, 1.54) is 22.7 Å². The summed E-state index contributed by atoms with van der Waals surface area (Å²) in [7, 11) is -2.21. The lowest BCUT2D eigenvalue weighted by molar-refractivity contribution is -0.110. The molecule has 2 aromatic rings. The molecule has 0 radical (unpaired) electrons. The quantitative estimate of drug-likeness (QED) is 0.573. The van der Waals surface area contributed by atoms with Gasteiger partial charge in [0.15, 0.2) is 0 Å². The molecule has 1 aliphatic carbocycles. The van der Waals surface area contributed by atoms with Gasteiger partial charge in [0, 0.05) is 18.5 Å². The summed E-state index contributed by atoms with van der Waals surface area (Å²) in [5.74, 6) is 0.329. The third kappa shape index (κ3) is 4.01. The Morgan fingerprint density at radius 1 is 1.37 bits per heavy atom. The first-order chi connectivity index (χ1) is 12.9. The van der Waals surface area contributed by atoms with Crippen molar-refractivity contribution >= 4 is 39.0 Å². The number of fused-ring (bicyclic) bond motifs is 1. The zero-order valence-corrected chi connectivity index (χ0v) is 17.6. The number of aromatic nitrogens is 1. The molecule has 0 aromatic carbocycles. The van der Waals surface area contributed by atoms with Gasteiger partial charge in [-0.1, -0.05) is 6.42 Å². The molecule has 0 amide bonds. The third-order valence-electron chi connectivity index (χ3n) is 4.96. The van der Waals surface area contributed by atoms with E-state index in [9.17, 15) is 13.2 Å². The molecular formula is C17H23N3O4S3. The number of hydrogen-bond donors (Lipinski definition) is 2. The van der Waals surface area contributed by atoms with Crippen molar-refractivity contribution in [1.29, 1.82) is 0 Å². The second-order valence-electron chi connectivity index (χ2n) is 6.63. The van der Waals surface area contributed by atoms with E-state index in [0.29, 0.717) is 16.5 Å². The zero-order valence-electron chi connectivity index (χ0n) is 15.2. The van der Waals surface area contributed by atoms with Crippen molar-refractivity contribution in [3.8, 4) is 10.6 Å². The van der Waals surface area contributed by atoms with Crippen LogP contribution in [0.4, 0.5) is 0 Å². The van der Waals surface area contributed by atoms with Gasteiger partial charge in [-0.25, -0.2) is 18.9 Å². The average Bonchev–Trinajstić information content (AvgIpc) is 3.38. The van der Waals surface area contributed by atoms with Crippen LogP contribution in [0.15, 0.2) is 21.7 Å². The van der Waals surface area contributed by atoms with Crippen LogP contribution in [-0.2, 0) is 14.8 Å². The molecule has 3 atom stereocenters. The first-order valence-corrected chi connectivity index (χ1v) is 11.9. The Labute approximate surface area is 167 Å². The molecule has 1 saturated carbocycles. The van der Waals surface area contributed by atoms with Crippen molar-refractivity contribution in [2.24, 2.45) is 5.92 Å². The Hall–Kier alpha value is -1.17. The number of nitrogens with zero attached hydrogens (tertiary/aromatic N) is 2. The minimum Gasteiger partial charge on any atom is -0.317 e. The molecular weight excluding hydrogens is 406 g/mol. The Morgan fingerprint density at radius 3 is 2.74 bits per heavy atom. The van der Waals surface area contributed by atoms with Crippen molar-refractivity contribution in [2.75, 3.05) is 7.05 Å². The molecule has 2 aromatic heterocycles. The summed E-state index contributed by atoms with van der Waals surface area (Å²) in [6.07, 6.45) is 4.39. The van der Waals surface area contributed by atoms with Gasteiger partial charge in [-0.2, -0.15) is 4.31 Å². The van der Waals surface area contributed by atoms with E-state index in [-0.39, 0.29) is 6.04 Å². The summed E-state index contributed by atoms with van der Waals surface area (Å²) in [6.45, 7) is 1.93. The summed E-state index contributed by atoms with van der Waals surface area (Å²) in [5.41, 5.74) is 2.57. The molecule has 2 fully saturated rings. The van der Waals surface area contributed by atoms with Gasteiger partial charge in [0.25, 0.3) is 10.0 Å². The normalized spacial score (nSPS) is 25.1. The highest BCUT2D eigenvalue weighted by atomic mass is 32.2. The number of thiophene rings is 1. The fraction of sp³-hybridized carbons (Fsp3) is 0.529. The molecule has 3 heterocycles. The largest absolute Gasteiger partial charge is 0.317 e. The molecule has 10 heteroatoms. The van der Waals surface area contributed by atoms with Crippen molar-refractivity contribution < 1.29 is 18.4 Å². The standard InChI is InChI=1S/C16H18N2O3S3.CH5NO/c1-10-17-13(9-22-10)15-5-6-16(23-15)24(20,21)18-12(8-19)7-11-3-2-4-14(11)18;1-2-3/h5-6,8-9,11-12,14H,2-4,7H2,1H3;2-3H,1H3/t11-,12-,14-;/m1./s1. The Bertz CT molecular complexity index is 893. The number of aldehydes is 1. The van der Waals surface area contributed by atoms with E-state index < -0.39 is 16.1 Å². The van der Waals surface area contributed by atoms with Crippen LogP contribution in [0.5, 0.6) is 0 Å². The monoisotopic (exact) mass is 429 g/mol. The van der Waals surface area contributed by atoms with Gasteiger partial charge in [0.1, 0.15) is 10.5 Å². The molecule has 1 saturated heterocycles. The number of sulfonamides is 1. The van der Waals surface area contributed by atoms with Crippen molar-refractivity contribution in [1.82, 2.24) is 14.8 Å². The van der Waals surface area contributed by atoms with Crippen LogP contribution in [0.3, 0.4) is 0 Å². The topological polar surface area (TPSA) is 99.6 Å². The van der Waals surface area contributed by atoms with Gasteiger partial charge >= 0.3 is 0 Å². The summed E-state index contributed by atoms with van der Waals surface area (Å²) >= 11 is 2.79. The summed E-state index contributed by atoms with van der Waals surface area (Å²) in [5, 5.41) is 10.2. The maximum atomic E-state index is 13.2. The van der Waals surface area contributed by atoms with Crippen LogP contribution >= 0.6 is 22.7 Å². The Morgan fingerprint density at radius 2 is 2.11 bits per heavy atom. The lowest BCUT2D eigenvalue weighted by Gasteiger charge is -2.25. The highest BCUT2D eigenvalue weighted by Gasteiger charge is 2.49. The molecule has 0 unspecified atom stereocenters. The Balaban J connectivity index is 0.000000659. The smallest absolute Gasteiger partial charge is 0.253 e. The van der Waals surface area contributed by atoms with Crippen LogP contribution in [-0.4, -0.2) is 48.3 Å². The first-order valence-electron chi connectivity index (χ1n) is 8.74. The van der Waals surface area contributed by atoms with Crippen LogP contribution in [0.25, 0.3) is 10.6 Å². The molecule has 2 N–H and O–H groups in total. The summed E-state index contributed by atoms with van der Waals surface area (Å²) in [6, 6.07) is 2.92. The van der Waals surface area contributed by atoms with Crippen LogP contribution < -0.4 is 5.48 Å². The Kier molecular flexibility index (Phi) is 6.44. The molecule has 0 spiro atoms. The summed E-state index contributed by atoms with van der Waals surface area (Å²) in [4.78, 5) is 16.7. The fourth-order valence-electron chi connectivity index (χ4n) is 3.94. The van der Waals surface area contributed by atoms with E-state index >= 15 is 0 Å². The van der Waals surface area contributed by atoms with Crippen LogP contribution in [0, 0.1) is 12.8 Å². The van der Waals surface area contributed by atoms with Crippen molar-refractivity contribution in [3.05, 3.63) is 22.5 Å². The van der Waals surface area contributed by atoms with E-state index in [0.717, 1.165) is 41.1 Å². The minimum absolute atomic E-state index is 0.0164. The maximum Gasteiger partial charge on any atom is 0.253 e. The highest BCUT2D eigenvalue weighted by Crippen LogP contribution is 2.44. The number of aryl methyl sites for hydroxylation is 1. The first kappa shape index (κ1) is 20.6. The van der Waals surface area contributed by atoms with Crippen molar-refractivity contribution in [2.45, 2.75) is 48.9 Å². The SMILES string of the molecule is CNO.Cc1nc(-c2ccc(S(=O)(=O)N3[C@@H]4CCC[C@@H]4C[C@@H]3C=O)s2)cs1. The van der Waals surface area contributed by atoms with Gasteiger partial charge in [-0.15, -0.1) is 22.7 Å². The van der Waals surface area contributed by atoms with Gasteiger partial charge in [0.05, 0.1) is 21.6 Å². The predicted molar refractivity (Wildman–Crippen MR) is 106 cm³/mol. The second kappa shape index (κ2) is 8.46. The molecule has 1 aliphatic heterocycles. The zero-order chi connectivity index (χ0) is 19.6. The molecule has 0 bridgehead atoms. The molecule has 27 heavy (non-hydrogen) atoms. The maximum absolute atomic E-state index is 13.2. The minimum atomic E-state index is -3.64. The number of carbonyl (C=O) groups is 1. The van der Waals surface area contributed by atoms with Gasteiger partial charge in [-0.3, -0.25) is 0 Å². The van der Waals surface area contributed by atoms with E-state index in [1.807, 2.05) is 18.4 Å². The van der Waals surface area contributed by atoms with Gasteiger partial charge in [-0.05, 0) is 44.2 Å². The third-order valence-corrected chi connectivity index (χ3v) is 9.26. The molecule has 7 nitrogen and oxygen atoms in total. The lowest BCUT2D eigenvalue weighted by Crippen LogP contribution is -2.41. The number of nitrogens with one attached hydrogen (secondary N) is 1. The predicted octanol–water partition coefficient (Wildman–Crippen LogP) is 2.91. The van der Waals surface area contributed by atoms with Gasteiger partial charge < -0.3 is 10.0 Å². The van der Waals surface area contributed by atoms with Gasteiger partial charge in [0.2, 0.25) is 0 Å². The average molecular weight is 430 g/mol. The number of hydrogen-bond acceptors (Lipinski definition) is 8. The van der Waals surface area contributed by atoms with E-state index in [4.69, 9.17) is 5.21 Å². The van der Waals surface area contributed by atoms with Crippen molar-refractivity contribution in [3.63, 3.8) is 0 Å². The molecule has 148 valence electrons. The lowest BCUT2D eigenvalue weighted by atomic mass is 10.0. The summed E-state index contributed by atoms with van der Waals surface area (Å²) < 4.78 is 28.1. The van der Waals surface area contributed by atoms with E-state index in [2.05, 4.69) is 4.98 Å². The fourth-order valence-corrected chi connectivity index (χ4v) is 7.84.